The first-order valence-electron chi connectivity index (χ1n) is 6.83. The molecule has 4 heteroatoms. The number of phenols is 1. The number of carbonyl (C=O) groups is 1. The van der Waals surface area contributed by atoms with Crippen LogP contribution in [0.2, 0.25) is 0 Å². The van der Waals surface area contributed by atoms with Gasteiger partial charge in [0.15, 0.2) is 6.61 Å². The summed E-state index contributed by atoms with van der Waals surface area (Å²) in [5, 5.41) is 14.2. The summed E-state index contributed by atoms with van der Waals surface area (Å²) in [6.07, 6.45) is 2.44. The van der Waals surface area contributed by atoms with Crippen molar-refractivity contribution in [3.63, 3.8) is 0 Å². The summed E-state index contributed by atoms with van der Waals surface area (Å²) < 4.78 is 5.47. The van der Waals surface area contributed by atoms with Gasteiger partial charge in [0, 0.05) is 6.54 Å². The third-order valence-electron chi connectivity index (χ3n) is 3.45. The Hall–Kier alpha value is -2.23. The Labute approximate surface area is 117 Å². The quantitative estimate of drug-likeness (QED) is 0.878. The van der Waals surface area contributed by atoms with Crippen LogP contribution in [0.25, 0.3) is 10.8 Å². The molecular weight excluding hydrogens is 254 g/mol. The zero-order valence-corrected chi connectivity index (χ0v) is 11.1. The number of ether oxygens (including phenoxy) is 1. The van der Waals surface area contributed by atoms with Crippen molar-refractivity contribution < 1.29 is 14.6 Å². The fraction of sp³-hybridized carbons (Fsp3) is 0.312. The predicted octanol–water partition coefficient (Wildman–Crippen LogP) is 2.45. The van der Waals surface area contributed by atoms with Crippen molar-refractivity contribution >= 4 is 16.7 Å². The van der Waals surface area contributed by atoms with E-state index < -0.39 is 0 Å². The molecule has 1 fully saturated rings. The summed E-state index contributed by atoms with van der Waals surface area (Å²) in [6, 6.07) is 10.7. The lowest BCUT2D eigenvalue weighted by atomic mass is 10.1. The molecule has 20 heavy (non-hydrogen) atoms. The van der Waals surface area contributed by atoms with Crippen LogP contribution in [0, 0.1) is 5.92 Å². The van der Waals surface area contributed by atoms with Gasteiger partial charge in [0.05, 0.1) is 0 Å². The molecule has 1 saturated carbocycles. The first kappa shape index (κ1) is 12.8. The molecule has 3 rings (SSSR count). The van der Waals surface area contributed by atoms with E-state index in [1.807, 2.05) is 24.3 Å². The van der Waals surface area contributed by atoms with Gasteiger partial charge in [-0.05, 0) is 53.8 Å². The smallest absolute Gasteiger partial charge is 0.257 e. The van der Waals surface area contributed by atoms with E-state index in [9.17, 15) is 9.90 Å². The molecule has 0 bridgehead atoms. The van der Waals surface area contributed by atoms with E-state index in [0.29, 0.717) is 11.7 Å². The molecule has 0 atom stereocenters. The SMILES string of the molecule is O=C(COc1ccc2ccc(O)cc2c1)NCC1CC1. The van der Waals surface area contributed by atoms with E-state index in [4.69, 9.17) is 4.74 Å². The Morgan fingerprint density at radius 1 is 1.20 bits per heavy atom. The molecule has 1 amide bonds. The summed E-state index contributed by atoms with van der Waals surface area (Å²) in [4.78, 5) is 11.6. The van der Waals surface area contributed by atoms with Gasteiger partial charge >= 0.3 is 0 Å². The third-order valence-corrected chi connectivity index (χ3v) is 3.45. The summed E-state index contributed by atoms with van der Waals surface area (Å²) in [5.74, 6) is 1.43. The third kappa shape index (κ3) is 3.20. The molecule has 1 aliphatic carbocycles. The molecule has 0 radical (unpaired) electrons. The molecule has 0 spiro atoms. The number of hydrogen-bond donors (Lipinski definition) is 2. The highest BCUT2D eigenvalue weighted by molar-refractivity contribution is 5.85. The minimum Gasteiger partial charge on any atom is -0.508 e. The highest BCUT2D eigenvalue weighted by Gasteiger charge is 2.21. The molecule has 0 unspecified atom stereocenters. The van der Waals surface area contributed by atoms with Crippen molar-refractivity contribution in [1.29, 1.82) is 0 Å². The van der Waals surface area contributed by atoms with Crippen molar-refractivity contribution in [2.24, 2.45) is 5.92 Å². The minimum absolute atomic E-state index is 0.0248. The normalized spacial score (nSPS) is 14.2. The van der Waals surface area contributed by atoms with E-state index in [1.54, 1.807) is 12.1 Å². The Kier molecular flexibility index (Phi) is 3.46. The summed E-state index contributed by atoms with van der Waals surface area (Å²) >= 11 is 0. The second-order valence-electron chi connectivity index (χ2n) is 5.23. The molecule has 2 aromatic rings. The lowest BCUT2D eigenvalue weighted by Crippen LogP contribution is -2.30. The number of hydrogen-bond acceptors (Lipinski definition) is 3. The molecule has 0 heterocycles. The second-order valence-corrected chi connectivity index (χ2v) is 5.23. The number of amides is 1. The van der Waals surface area contributed by atoms with Gasteiger partial charge in [-0.1, -0.05) is 12.1 Å². The minimum atomic E-state index is -0.0899. The zero-order chi connectivity index (χ0) is 13.9. The molecule has 0 aromatic heterocycles. The molecule has 0 aliphatic heterocycles. The molecular formula is C16H17NO3. The average molecular weight is 271 g/mol. The van der Waals surface area contributed by atoms with Gasteiger partial charge < -0.3 is 15.2 Å². The molecule has 2 aromatic carbocycles. The van der Waals surface area contributed by atoms with Crippen LogP contribution < -0.4 is 10.1 Å². The highest BCUT2D eigenvalue weighted by atomic mass is 16.5. The van der Waals surface area contributed by atoms with Crippen molar-refractivity contribution in [2.75, 3.05) is 13.2 Å². The maximum absolute atomic E-state index is 11.6. The number of rotatable bonds is 5. The van der Waals surface area contributed by atoms with Gasteiger partial charge in [-0.3, -0.25) is 4.79 Å². The first-order valence-corrected chi connectivity index (χ1v) is 6.83. The Bertz CT molecular complexity index is 635. The van der Waals surface area contributed by atoms with Gasteiger partial charge in [-0.15, -0.1) is 0 Å². The average Bonchev–Trinajstić information content (AvgIpc) is 3.26. The van der Waals surface area contributed by atoms with Crippen LogP contribution in [0.4, 0.5) is 0 Å². The summed E-state index contributed by atoms with van der Waals surface area (Å²) in [6.45, 7) is 0.783. The van der Waals surface area contributed by atoms with Crippen LogP contribution in [-0.4, -0.2) is 24.2 Å². The van der Waals surface area contributed by atoms with E-state index >= 15 is 0 Å². The van der Waals surface area contributed by atoms with Crippen molar-refractivity contribution in [3.8, 4) is 11.5 Å². The van der Waals surface area contributed by atoms with Gasteiger partial charge in [-0.2, -0.15) is 0 Å². The van der Waals surface area contributed by atoms with E-state index in [-0.39, 0.29) is 18.3 Å². The first-order chi connectivity index (χ1) is 9.70. The monoisotopic (exact) mass is 271 g/mol. The number of nitrogens with one attached hydrogen (secondary N) is 1. The highest BCUT2D eigenvalue weighted by Crippen LogP contribution is 2.27. The van der Waals surface area contributed by atoms with Crippen molar-refractivity contribution in [1.82, 2.24) is 5.32 Å². The maximum atomic E-state index is 11.6. The molecule has 2 N–H and O–H groups in total. The van der Waals surface area contributed by atoms with Crippen LogP contribution in [0.3, 0.4) is 0 Å². The van der Waals surface area contributed by atoms with Gasteiger partial charge in [0.25, 0.3) is 5.91 Å². The second kappa shape index (κ2) is 5.41. The lowest BCUT2D eigenvalue weighted by molar-refractivity contribution is -0.123. The van der Waals surface area contributed by atoms with Crippen LogP contribution in [-0.2, 0) is 4.79 Å². The number of carbonyl (C=O) groups excluding carboxylic acids is 1. The van der Waals surface area contributed by atoms with E-state index in [1.165, 1.54) is 12.8 Å². The molecule has 1 aliphatic rings. The van der Waals surface area contributed by atoms with E-state index in [2.05, 4.69) is 5.32 Å². The Morgan fingerprint density at radius 3 is 2.80 bits per heavy atom. The molecule has 4 nitrogen and oxygen atoms in total. The van der Waals surface area contributed by atoms with E-state index in [0.717, 1.165) is 17.3 Å². The van der Waals surface area contributed by atoms with Crippen molar-refractivity contribution in [2.45, 2.75) is 12.8 Å². The van der Waals surface area contributed by atoms with Crippen molar-refractivity contribution in [3.05, 3.63) is 36.4 Å². The zero-order valence-electron chi connectivity index (χ0n) is 11.1. The van der Waals surface area contributed by atoms with Crippen LogP contribution in [0.1, 0.15) is 12.8 Å². The Morgan fingerprint density at radius 2 is 2.00 bits per heavy atom. The maximum Gasteiger partial charge on any atom is 0.257 e. The topological polar surface area (TPSA) is 58.6 Å². The predicted molar refractivity (Wildman–Crippen MR) is 76.8 cm³/mol. The molecule has 0 saturated heterocycles. The Balaban J connectivity index is 1.60. The number of fused-ring (bicyclic) bond motifs is 1. The van der Waals surface area contributed by atoms with Crippen LogP contribution in [0.15, 0.2) is 36.4 Å². The number of aromatic hydroxyl groups is 1. The van der Waals surface area contributed by atoms with Gasteiger partial charge in [0.1, 0.15) is 11.5 Å². The number of phenolic OH excluding ortho intramolecular Hbond substituents is 1. The number of benzene rings is 2. The van der Waals surface area contributed by atoms with Gasteiger partial charge in [0.2, 0.25) is 0 Å². The van der Waals surface area contributed by atoms with Crippen LogP contribution >= 0.6 is 0 Å². The summed E-state index contributed by atoms with van der Waals surface area (Å²) in [7, 11) is 0. The fourth-order valence-electron chi connectivity index (χ4n) is 2.08. The standard InChI is InChI=1S/C16H17NO3/c18-14-5-3-12-4-6-15(8-13(12)7-14)20-10-16(19)17-9-11-1-2-11/h3-8,11,18H,1-2,9-10H2,(H,17,19). The lowest BCUT2D eigenvalue weighted by Gasteiger charge is -2.08. The summed E-state index contributed by atoms with van der Waals surface area (Å²) in [5.41, 5.74) is 0. The van der Waals surface area contributed by atoms with Gasteiger partial charge in [-0.25, -0.2) is 0 Å². The fourth-order valence-corrected chi connectivity index (χ4v) is 2.08. The molecule has 104 valence electrons. The van der Waals surface area contributed by atoms with Crippen LogP contribution in [0.5, 0.6) is 11.5 Å². The largest absolute Gasteiger partial charge is 0.508 e.